The number of carbonyl (C=O) groups is 4. The van der Waals surface area contributed by atoms with Crippen LogP contribution in [0.3, 0.4) is 0 Å². The van der Waals surface area contributed by atoms with Crippen molar-refractivity contribution >= 4 is 35.0 Å². The van der Waals surface area contributed by atoms with Gasteiger partial charge in [-0.1, -0.05) is 64.3 Å². The molecule has 230 valence electrons. The molecule has 2 unspecified atom stereocenters. The summed E-state index contributed by atoms with van der Waals surface area (Å²) in [5, 5.41) is 13.4. The van der Waals surface area contributed by atoms with Gasteiger partial charge in [0.25, 0.3) is 0 Å². The minimum absolute atomic E-state index is 0.0188. The van der Waals surface area contributed by atoms with Gasteiger partial charge in [0.05, 0.1) is 28.1 Å². The van der Waals surface area contributed by atoms with Crippen molar-refractivity contribution in [3.63, 3.8) is 0 Å². The molecule has 1 aromatic carbocycles. The van der Waals surface area contributed by atoms with Crippen LogP contribution < -0.4 is 16.8 Å². The monoisotopic (exact) mass is 599 g/mol. The molecule has 0 aliphatic carbocycles. The van der Waals surface area contributed by atoms with Crippen LogP contribution in [0.1, 0.15) is 77.0 Å². The van der Waals surface area contributed by atoms with E-state index < -0.39 is 35.3 Å². The van der Waals surface area contributed by atoms with E-state index in [0.717, 1.165) is 34.5 Å². The largest absolute Gasteiger partial charge is 0.391 e. The zero-order valence-corrected chi connectivity index (χ0v) is 25.9. The summed E-state index contributed by atoms with van der Waals surface area (Å²) in [4.78, 5) is 57.8. The van der Waals surface area contributed by atoms with E-state index in [-0.39, 0.29) is 37.2 Å². The summed E-state index contributed by atoms with van der Waals surface area (Å²) in [6.07, 6.45) is 2.93. The smallest absolute Gasteiger partial charge is 0.243 e. The van der Waals surface area contributed by atoms with Crippen LogP contribution >= 0.6 is 11.3 Å². The first-order valence-electron chi connectivity index (χ1n) is 14.6. The molecule has 10 nitrogen and oxygen atoms in total. The van der Waals surface area contributed by atoms with Crippen LogP contribution in [0.5, 0.6) is 0 Å². The Morgan fingerprint density at radius 2 is 1.76 bits per heavy atom. The number of rotatable bonds is 14. The molecule has 2 aromatic rings. The lowest BCUT2D eigenvalue weighted by molar-refractivity contribution is -0.149. The van der Waals surface area contributed by atoms with Gasteiger partial charge in [0.1, 0.15) is 6.04 Å². The molecule has 42 heavy (non-hydrogen) atoms. The normalized spacial score (nSPS) is 18.5. The van der Waals surface area contributed by atoms with Gasteiger partial charge >= 0.3 is 0 Å². The molecule has 4 atom stereocenters. The lowest BCUT2D eigenvalue weighted by Gasteiger charge is -2.38. The molecule has 6 N–H and O–H groups in total. The number of carbonyl (C=O) groups excluding carboxylic acids is 4. The lowest BCUT2D eigenvalue weighted by Crippen LogP contribution is -2.52. The summed E-state index contributed by atoms with van der Waals surface area (Å²) in [6.45, 7) is 7.92. The molecule has 2 heterocycles. The minimum Gasteiger partial charge on any atom is -0.391 e. The Labute approximate surface area is 252 Å². The Balaban J connectivity index is 1.67. The molecule has 3 rings (SSSR count). The number of hydrogen-bond donors (Lipinski definition) is 4. The second-order valence-electron chi connectivity index (χ2n) is 12.3. The summed E-state index contributed by atoms with van der Waals surface area (Å²) in [6, 6.07) is 7.03. The highest BCUT2D eigenvalue weighted by molar-refractivity contribution is 7.13. The van der Waals surface area contributed by atoms with E-state index in [0.29, 0.717) is 25.7 Å². The number of hydrogen-bond acceptors (Lipinski definition) is 7. The van der Waals surface area contributed by atoms with E-state index in [1.165, 1.54) is 4.90 Å². The van der Waals surface area contributed by atoms with Gasteiger partial charge in [0, 0.05) is 31.8 Å². The molecule has 0 bridgehead atoms. The first-order valence-corrected chi connectivity index (χ1v) is 15.5. The van der Waals surface area contributed by atoms with E-state index in [9.17, 15) is 24.3 Å². The van der Waals surface area contributed by atoms with E-state index in [4.69, 9.17) is 11.5 Å². The Morgan fingerprint density at radius 1 is 1.10 bits per heavy atom. The van der Waals surface area contributed by atoms with Crippen molar-refractivity contribution in [2.45, 2.75) is 91.3 Å². The van der Waals surface area contributed by atoms with Crippen molar-refractivity contribution in [2.24, 2.45) is 28.7 Å². The van der Waals surface area contributed by atoms with Crippen molar-refractivity contribution in [2.75, 3.05) is 6.54 Å². The summed E-state index contributed by atoms with van der Waals surface area (Å²) in [7, 11) is 0. The number of thiazole rings is 1. The number of aromatic nitrogens is 1. The highest BCUT2D eigenvalue weighted by atomic mass is 32.1. The maximum Gasteiger partial charge on any atom is 0.243 e. The third kappa shape index (κ3) is 8.84. The molecule has 0 radical (unpaired) electrons. The average Bonchev–Trinajstić information content (AvgIpc) is 3.52. The number of nitrogens with two attached hydrogens (primary N) is 2. The molecule has 1 aliphatic rings. The molecule has 1 fully saturated rings. The lowest BCUT2D eigenvalue weighted by atomic mass is 9.70. The van der Waals surface area contributed by atoms with Crippen LogP contribution in [0, 0.1) is 24.2 Å². The van der Waals surface area contributed by atoms with Crippen LogP contribution in [-0.4, -0.2) is 57.3 Å². The predicted molar refractivity (Wildman–Crippen MR) is 163 cm³/mol. The van der Waals surface area contributed by atoms with Crippen molar-refractivity contribution < 1.29 is 24.3 Å². The fourth-order valence-corrected chi connectivity index (χ4v) is 6.59. The van der Waals surface area contributed by atoms with Gasteiger partial charge in [-0.2, -0.15) is 0 Å². The van der Waals surface area contributed by atoms with E-state index in [1.807, 2.05) is 57.5 Å². The number of amides is 4. The van der Waals surface area contributed by atoms with Crippen molar-refractivity contribution in [3.8, 4) is 10.4 Å². The molecular formula is C31H45N5O5S. The van der Waals surface area contributed by atoms with Crippen LogP contribution in [0.2, 0.25) is 0 Å². The molecule has 4 amide bonds. The summed E-state index contributed by atoms with van der Waals surface area (Å²) in [5.41, 5.74) is 15.2. The van der Waals surface area contributed by atoms with Crippen LogP contribution in [-0.2, 0) is 25.7 Å². The number of aryl methyl sites for hydroxylation is 1. The Kier molecular flexibility index (Phi) is 11.6. The highest BCUT2D eigenvalue weighted by Crippen LogP contribution is 2.38. The van der Waals surface area contributed by atoms with Gasteiger partial charge in [-0.05, 0) is 36.3 Å². The molecule has 1 aliphatic heterocycles. The molecule has 1 aromatic heterocycles. The summed E-state index contributed by atoms with van der Waals surface area (Å²) < 4.78 is 0. The highest BCUT2D eigenvalue weighted by Gasteiger charge is 2.47. The number of likely N-dealkylation sites (tertiary alicyclic amines) is 1. The summed E-state index contributed by atoms with van der Waals surface area (Å²) in [5.74, 6) is -3.08. The number of aliphatic hydroxyl groups excluding tert-OH is 1. The fraction of sp³-hybridized carbons (Fsp3) is 0.581. The SMILES string of the molecule is Cc1ncsc1-c1ccc(CNC(=O)[C@@H]2C[C@@H](O)CN2C(=O)C(C(CCCCCCC(N)=O)C(N)=O)C(C)(C)C)cc1. The fourth-order valence-electron chi connectivity index (χ4n) is 5.78. The Morgan fingerprint density at radius 3 is 2.33 bits per heavy atom. The topological polar surface area (TPSA) is 169 Å². The molecule has 0 saturated carbocycles. The molecule has 1 saturated heterocycles. The molecular weight excluding hydrogens is 554 g/mol. The van der Waals surface area contributed by atoms with Gasteiger partial charge in [0.2, 0.25) is 23.6 Å². The second-order valence-corrected chi connectivity index (χ2v) is 13.2. The predicted octanol–water partition coefficient (Wildman–Crippen LogP) is 3.29. The van der Waals surface area contributed by atoms with Crippen LogP contribution in [0.25, 0.3) is 10.4 Å². The zero-order valence-electron chi connectivity index (χ0n) is 25.1. The quantitative estimate of drug-likeness (QED) is 0.243. The average molecular weight is 600 g/mol. The third-order valence-electron chi connectivity index (χ3n) is 7.95. The number of β-amino-alcohol motifs (C(OH)–C–C–N with tert-alkyl or cyclic N) is 1. The number of nitrogens with one attached hydrogen (secondary N) is 1. The van der Waals surface area contributed by atoms with Crippen LogP contribution in [0.4, 0.5) is 0 Å². The minimum atomic E-state index is -0.848. The molecule has 0 spiro atoms. The zero-order chi connectivity index (χ0) is 31.0. The summed E-state index contributed by atoms with van der Waals surface area (Å²) >= 11 is 1.58. The number of aliphatic hydroxyl groups is 1. The number of benzene rings is 1. The Bertz CT molecular complexity index is 1240. The van der Waals surface area contributed by atoms with Gasteiger partial charge in [-0.15, -0.1) is 11.3 Å². The maximum absolute atomic E-state index is 14.0. The second kappa shape index (κ2) is 14.7. The first kappa shape index (κ1) is 33.2. The Hall–Kier alpha value is -3.31. The number of primary amides is 2. The van der Waals surface area contributed by atoms with Gasteiger partial charge in [-0.3, -0.25) is 19.2 Å². The standard InChI is InChI=1S/C31H45N5O5S/c1-19-27(42-18-35-19)21-13-11-20(12-14-21)16-34-29(40)24-15-22(37)17-36(24)30(41)26(31(2,3)4)23(28(33)39)9-7-5-6-8-10-25(32)38/h11-14,18,22-24,26,37H,5-10,15-17H2,1-4H3,(H2,32,38)(H2,33,39)(H,34,40)/t22-,23?,24+,26?/m1/s1. The van der Waals surface area contributed by atoms with E-state index >= 15 is 0 Å². The van der Waals surface area contributed by atoms with Gasteiger partial charge in [-0.25, -0.2) is 4.98 Å². The third-order valence-corrected chi connectivity index (χ3v) is 8.93. The maximum atomic E-state index is 14.0. The first-order chi connectivity index (χ1) is 19.8. The van der Waals surface area contributed by atoms with Gasteiger partial charge in [0.15, 0.2) is 0 Å². The number of nitrogens with zero attached hydrogens (tertiary/aromatic N) is 2. The van der Waals surface area contributed by atoms with E-state index in [2.05, 4.69) is 10.3 Å². The van der Waals surface area contributed by atoms with Crippen molar-refractivity contribution in [1.29, 1.82) is 0 Å². The number of unbranched alkanes of at least 4 members (excludes halogenated alkanes) is 3. The van der Waals surface area contributed by atoms with Crippen molar-refractivity contribution in [1.82, 2.24) is 15.2 Å². The van der Waals surface area contributed by atoms with Gasteiger partial charge < -0.3 is 26.8 Å². The molecule has 11 heteroatoms. The van der Waals surface area contributed by atoms with Crippen LogP contribution in [0.15, 0.2) is 29.8 Å². The van der Waals surface area contributed by atoms with Crippen molar-refractivity contribution in [3.05, 3.63) is 41.0 Å². The van der Waals surface area contributed by atoms with E-state index in [1.54, 1.807) is 11.3 Å².